The van der Waals surface area contributed by atoms with Crippen molar-refractivity contribution in [1.29, 1.82) is 5.26 Å². The average molecular weight is 947 g/mol. The van der Waals surface area contributed by atoms with Gasteiger partial charge in [-0.2, -0.15) is 5.26 Å². The fourth-order valence-electron chi connectivity index (χ4n) is 11.4. The molecule has 3 heterocycles. The van der Waals surface area contributed by atoms with Crippen LogP contribution < -0.4 is 0 Å². The van der Waals surface area contributed by atoms with Crippen LogP contribution in [-0.2, 0) is 0 Å². The number of nitrogens with zero attached hydrogens (tertiary/aromatic N) is 4. The molecule has 0 saturated carbocycles. The lowest BCUT2D eigenvalue weighted by Crippen LogP contribution is -2.06. The summed E-state index contributed by atoms with van der Waals surface area (Å²) in [5, 5.41) is 16.0. The van der Waals surface area contributed by atoms with E-state index in [-0.39, 0.29) is 0 Å². The maximum Gasteiger partial charge on any atom is 0.0999 e. The summed E-state index contributed by atoms with van der Waals surface area (Å²) in [4.78, 5) is 5.33. The van der Waals surface area contributed by atoms with E-state index in [9.17, 15) is 5.26 Å². The Hall–Kier alpha value is -9.56. The third-order valence-corrected chi connectivity index (χ3v) is 15.2. The van der Waals surface area contributed by atoms with E-state index in [1.54, 1.807) is 0 Å². The highest BCUT2D eigenvalue weighted by Crippen LogP contribution is 2.45. The number of aryl methyl sites for hydroxylation is 4. The number of aromatic nitrogens is 3. The molecule has 13 aromatic rings. The third kappa shape index (κ3) is 7.40. The van der Waals surface area contributed by atoms with Gasteiger partial charge in [-0.05, 0) is 143 Å². The van der Waals surface area contributed by atoms with Gasteiger partial charge >= 0.3 is 0 Å². The lowest BCUT2D eigenvalue weighted by atomic mass is 9.98. The molecule has 0 N–H and O–H groups in total. The van der Waals surface area contributed by atoms with Gasteiger partial charge < -0.3 is 9.13 Å². The van der Waals surface area contributed by atoms with E-state index in [2.05, 4.69) is 243 Å². The van der Waals surface area contributed by atoms with E-state index >= 15 is 0 Å². The first kappa shape index (κ1) is 44.4. The normalized spacial score (nSPS) is 11.5. The smallest absolute Gasteiger partial charge is 0.0999 e. The van der Waals surface area contributed by atoms with E-state index in [0.29, 0.717) is 5.56 Å². The lowest BCUT2D eigenvalue weighted by Gasteiger charge is -2.20. The van der Waals surface area contributed by atoms with Crippen LogP contribution in [0.5, 0.6) is 0 Å². The van der Waals surface area contributed by atoms with Crippen LogP contribution in [0.3, 0.4) is 0 Å². The molecular formula is C70H50N4. The fraction of sp³-hybridized carbons (Fsp3) is 0.0571. The zero-order chi connectivity index (χ0) is 50.0. The van der Waals surface area contributed by atoms with Crippen molar-refractivity contribution in [3.8, 4) is 84.5 Å². The quantitative estimate of drug-likeness (QED) is 0.152. The molecule has 0 spiro atoms. The third-order valence-electron chi connectivity index (χ3n) is 15.2. The van der Waals surface area contributed by atoms with Gasteiger partial charge in [-0.15, -0.1) is 0 Å². The van der Waals surface area contributed by atoms with Crippen LogP contribution in [0, 0.1) is 39.0 Å². The second-order valence-corrected chi connectivity index (χ2v) is 19.6. The number of nitriles is 1. The zero-order valence-electron chi connectivity index (χ0n) is 41.7. The van der Waals surface area contributed by atoms with E-state index < -0.39 is 0 Å². The molecule has 0 aliphatic heterocycles. The highest BCUT2D eigenvalue weighted by atomic mass is 15.1. The Morgan fingerprint density at radius 2 is 0.662 bits per heavy atom. The predicted octanol–water partition coefficient (Wildman–Crippen LogP) is 18.4. The largest absolute Gasteiger partial charge is 0.307 e. The molecule has 0 radical (unpaired) electrons. The summed E-state index contributed by atoms with van der Waals surface area (Å²) in [5.74, 6) is 0. The fourth-order valence-corrected chi connectivity index (χ4v) is 11.4. The van der Waals surface area contributed by atoms with E-state index in [1.165, 1.54) is 44.5 Å². The van der Waals surface area contributed by atoms with Crippen molar-refractivity contribution in [2.75, 3.05) is 0 Å². The van der Waals surface area contributed by atoms with Crippen LogP contribution in [0.25, 0.3) is 122 Å². The van der Waals surface area contributed by atoms with Crippen LogP contribution in [0.1, 0.15) is 27.8 Å². The maximum atomic E-state index is 11.5. The zero-order valence-corrected chi connectivity index (χ0v) is 41.7. The molecule has 0 aliphatic carbocycles. The summed E-state index contributed by atoms with van der Waals surface area (Å²) in [7, 11) is 0. The summed E-state index contributed by atoms with van der Waals surface area (Å²) in [5.41, 5.74) is 24.0. The molecule has 74 heavy (non-hydrogen) atoms. The van der Waals surface area contributed by atoms with E-state index in [0.717, 1.165) is 99.8 Å². The maximum absolute atomic E-state index is 11.5. The van der Waals surface area contributed by atoms with Crippen molar-refractivity contribution in [3.63, 3.8) is 0 Å². The highest BCUT2D eigenvalue weighted by molar-refractivity contribution is 6.14. The Kier molecular flexibility index (Phi) is 10.8. The molecule has 0 aliphatic rings. The minimum atomic E-state index is 0.531. The van der Waals surface area contributed by atoms with Crippen molar-refractivity contribution >= 4 is 43.6 Å². The SMILES string of the molecule is Cc1ccccc1-c1ccc2c3ccc(-c4ccccc4C)cc3n(-c3cc(C#N)c(-c4cccc(-c5ccccc5)n4)cc3-n3c4cc(-c5ccccc5C)ccc4c4ccc(-c5ccccc5C)cc43)c2c1. The first-order chi connectivity index (χ1) is 36.3. The van der Waals surface area contributed by atoms with Crippen LogP contribution in [-0.4, -0.2) is 14.1 Å². The number of pyridine rings is 1. The molecule has 0 bridgehead atoms. The number of hydrogen-bond donors (Lipinski definition) is 0. The van der Waals surface area contributed by atoms with Crippen molar-refractivity contribution in [2.24, 2.45) is 0 Å². The molecule has 10 aromatic carbocycles. The summed E-state index contributed by atoms with van der Waals surface area (Å²) in [6.07, 6.45) is 0. The lowest BCUT2D eigenvalue weighted by molar-refractivity contribution is 1.09. The number of rotatable bonds is 8. The average Bonchev–Trinajstić information content (AvgIpc) is 3.94. The molecule has 3 aromatic heterocycles. The van der Waals surface area contributed by atoms with Gasteiger partial charge in [-0.1, -0.05) is 182 Å². The molecule has 0 unspecified atom stereocenters. The van der Waals surface area contributed by atoms with E-state index in [1.807, 2.05) is 30.3 Å². The summed E-state index contributed by atoms with van der Waals surface area (Å²) >= 11 is 0. The minimum absolute atomic E-state index is 0.531. The monoisotopic (exact) mass is 946 g/mol. The van der Waals surface area contributed by atoms with Crippen LogP contribution in [0.4, 0.5) is 0 Å². The Labute approximate surface area is 431 Å². The van der Waals surface area contributed by atoms with Crippen molar-refractivity contribution < 1.29 is 0 Å². The Balaban J connectivity index is 1.20. The predicted molar refractivity (Wildman–Crippen MR) is 309 cm³/mol. The van der Waals surface area contributed by atoms with Gasteiger partial charge in [0.25, 0.3) is 0 Å². The van der Waals surface area contributed by atoms with Gasteiger partial charge in [0, 0.05) is 32.7 Å². The van der Waals surface area contributed by atoms with Crippen molar-refractivity contribution in [1.82, 2.24) is 14.1 Å². The molecule has 0 fully saturated rings. The van der Waals surface area contributed by atoms with Crippen molar-refractivity contribution in [2.45, 2.75) is 27.7 Å². The van der Waals surface area contributed by atoms with Crippen molar-refractivity contribution in [3.05, 3.63) is 258 Å². The molecule has 0 saturated heterocycles. The van der Waals surface area contributed by atoms with Gasteiger partial charge in [-0.25, -0.2) is 4.98 Å². The minimum Gasteiger partial charge on any atom is -0.307 e. The van der Waals surface area contributed by atoms with Gasteiger partial charge in [0.2, 0.25) is 0 Å². The standard InChI is InChI=1S/C70H50N4/c1-44-17-8-12-23-54(44)49-29-33-58-59-34-30-50(55-24-13-9-18-45(55)2)38-66(59)73(65(58)37-49)69-41-53(43-71)62(64-28-16-27-63(72-64)48-21-6-5-7-22-48)42-70(69)74-67-39-51(56-25-14-10-19-46(56)3)31-35-60(67)61-36-32-52(40-68(61)74)57-26-15-11-20-47(57)4/h5-42H,1-4H3. The topological polar surface area (TPSA) is 46.5 Å². The Morgan fingerprint density at radius 3 is 1.04 bits per heavy atom. The number of hydrogen-bond acceptors (Lipinski definition) is 2. The highest BCUT2D eigenvalue weighted by Gasteiger charge is 2.25. The van der Waals surface area contributed by atoms with Gasteiger partial charge in [0.1, 0.15) is 0 Å². The summed E-state index contributed by atoms with van der Waals surface area (Å²) in [6, 6.07) is 85.5. The number of fused-ring (bicyclic) bond motifs is 6. The second kappa shape index (κ2) is 17.9. The van der Waals surface area contributed by atoms with E-state index in [4.69, 9.17) is 4.98 Å². The molecule has 4 nitrogen and oxygen atoms in total. The number of benzene rings is 10. The molecule has 13 rings (SSSR count). The molecule has 0 atom stereocenters. The van der Waals surface area contributed by atoms with Gasteiger partial charge in [-0.3, -0.25) is 0 Å². The summed E-state index contributed by atoms with van der Waals surface area (Å²) in [6.45, 7) is 8.73. The summed E-state index contributed by atoms with van der Waals surface area (Å²) < 4.78 is 4.89. The first-order valence-corrected chi connectivity index (χ1v) is 25.3. The van der Waals surface area contributed by atoms with Gasteiger partial charge in [0.15, 0.2) is 0 Å². The molecule has 4 heteroatoms. The Bertz CT molecular complexity index is 4220. The molecule has 350 valence electrons. The molecule has 0 amide bonds. The Morgan fingerprint density at radius 1 is 0.311 bits per heavy atom. The second-order valence-electron chi connectivity index (χ2n) is 19.6. The van der Waals surface area contributed by atoms with Crippen LogP contribution in [0.15, 0.2) is 231 Å². The van der Waals surface area contributed by atoms with Crippen LogP contribution in [0.2, 0.25) is 0 Å². The first-order valence-electron chi connectivity index (χ1n) is 25.3. The van der Waals surface area contributed by atoms with Gasteiger partial charge in [0.05, 0.1) is 56.5 Å². The van der Waals surface area contributed by atoms with Crippen LogP contribution >= 0.6 is 0 Å². The molecular weight excluding hydrogens is 897 g/mol.